The van der Waals surface area contributed by atoms with Crippen molar-refractivity contribution < 1.29 is 22.3 Å². The third kappa shape index (κ3) is 4.76. The normalized spacial score (nSPS) is 11.2. The lowest BCUT2D eigenvalue weighted by Crippen LogP contribution is -2.39. The number of carbonyl (C=O) groups is 1. The molecule has 0 spiro atoms. The van der Waals surface area contributed by atoms with Crippen molar-refractivity contribution in [3.8, 4) is 5.75 Å². The van der Waals surface area contributed by atoms with Gasteiger partial charge in [0.1, 0.15) is 11.6 Å². The Labute approximate surface area is 116 Å². The van der Waals surface area contributed by atoms with Crippen LogP contribution in [0, 0.1) is 5.82 Å². The Kier molecular flexibility index (Phi) is 5.86. The standard InChI is InChI=1S/C11H16FN3O4S/c1-13-20(17,18)15-6-5-14-11(16)9-7-8(19-2)3-4-10(9)12/h3-4,7,13,15H,5-6H2,1-2H3,(H,14,16). The Morgan fingerprint density at radius 2 is 2.05 bits per heavy atom. The molecule has 0 atom stereocenters. The van der Waals surface area contributed by atoms with Crippen LogP contribution in [0.1, 0.15) is 10.4 Å². The van der Waals surface area contributed by atoms with Gasteiger partial charge in [-0.05, 0) is 18.2 Å². The van der Waals surface area contributed by atoms with Gasteiger partial charge in [-0.2, -0.15) is 8.42 Å². The predicted molar refractivity (Wildman–Crippen MR) is 71.3 cm³/mol. The number of rotatable bonds is 7. The lowest BCUT2D eigenvalue weighted by atomic mass is 10.2. The molecule has 1 rings (SSSR count). The van der Waals surface area contributed by atoms with Gasteiger partial charge in [0, 0.05) is 20.1 Å². The largest absolute Gasteiger partial charge is 0.497 e. The van der Waals surface area contributed by atoms with E-state index in [-0.39, 0.29) is 18.7 Å². The SMILES string of the molecule is CNS(=O)(=O)NCCNC(=O)c1cc(OC)ccc1F. The molecule has 0 aliphatic carbocycles. The topological polar surface area (TPSA) is 96.5 Å². The molecule has 0 aromatic heterocycles. The molecule has 0 radical (unpaired) electrons. The van der Waals surface area contributed by atoms with Crippen LogP contribution in [0.4, 0.5) is 4.39 Å². The van der Waals surface area contributed by atoms with E-state index in [1.807, 2.05) is 0 Å². The lowest BCUT2D eigenvalue weighted by molar-refractivity contribution is 0.0950. The second-order valence-corrected chi connectivity index (χ2v) is 5.41. The minimum Gasteiger partial charge on any atom is -0.497 e. The molecule has 0 aliphatic rings. The van der Waals surface area contributed by atoms with Gasteiger partial charge in [-0.15, -0.1) is 0 Å². The molecule has 9 heteroatoms. The van der Waals surface area contributed by atoms with Crippen LogP contribution >= 0.6 is 0 Å². The molecule has 20 heavy (non-hydrogen) atoms. The quantitative estimate of drug-likeness (QED) is 0.598. The van der Waals surface area contributed by atoms with Crippen molar-refractivity contribution in [1.82, 2.24) is 14.8 Å². The molecule has 0 heterocycles. The summed E-state index contributed by atoms with van der Waals surface area (Å²) in [5.74, 6) is -0.975. The summed E-state index contributed by atoms with van der Waals surface area (Å²) in [6.45, 7) is 0.0108. The Hall–Kier alpha value is -1.71. The smallest absolute Gasteiger partial charge is 0.276 e. The van der Waals surface area contributed by atoms with Gasteiger partial charge in [-0.3, -0.25) is 4.79 Å². The second-order valence-electron chi connectivity index (χ2n) is 3.70. The Morgan fingerprint density at radius 3 is 2.65 bits per heavy atom. The van der Waals surface area contributed by atoms with Crippen molar-refractivity contribution in [3.63, 3.8) is 0 Å². The molecule has 1 aromatic carbocycles. The first kappa shape index (κ1) is 16.3. The molecule has 0 unspecified atom stereocenters. The van der Waals surface area contributed by atoms with Gasteiger partial charge in [-0.25, -0.2) is 13.8 Å². The molecule has 112 valence electrons. The summed E-state index contributed by atoms with van der Waals surface area (Å²) in [6.07, 6.45) is 0. The fourth-order valence-corrected chi connectivity index (χ4v) is 1.85. The molecule has 3 N–H and O–H groups in total. The van der Waals surface area contributed by atoms with Crippen LogP contribution in [0.3, 0.4) is 0 Å². The number of hydrogen-bond acceptors (Lipinski definition) is 4. The third-order valence-corrected chi connectivity index (χ3v) is 3.51. The van der Waals surface area contributed by atoms with Crippen LogP contribution in [-0.2, 0) is 10.2 Å². The van der Waals surface area contributed by atoms with E-state index in [9.17, 15) is 17.6 Å². The van der Waals surface area contributed by atoms with Crippen molar-refractivity contribution in [1.29, 1.82) is 0 Å². The highest BCUT2D eigenvalue weighted by Gasteiger charge is 2.13. The van der Waals surface area contributed by atoms with Gasteiger partial charge in [0.05, 0.1) is 12.7 Å². The maximum atomic E-state index is 13.5. The van der Waals surface area contributed by atoms with Gasteiger partial charge >= 0.3 is 0 Å². The van der Waals surface area contributed by atoms with Crippen LogP contribution in [0.25, 0.3) is 0 Å². The maximum absolute atomic E-state index is 13.5. The summed E-state index contributed by atoms with van der Waals surface area (Å²) < 4.78 is 44.7. The van der Waals surface area contributed by atoms with Crippen molar-refractivity contribution in [2.45, 2.75) is 0 Å². The molecule has 0 aliphatic heterocycles. The van der Waals surface area contributed by atoms with E-state index in [1.165, 1.54) is 26.3 Å². The first-order valence-electron chi connectivity index (χ1n) is 5.69. The van der Waals surface area contributed by atoms with Gasteiger partial charge in [0.25, 0.3) is 16.1 Å². The number of methoxy groups -OCH3 is 1. The van der Waals surface area contributed by atoms with E-state index >= 15 is 0 Å². The number of amides is 1. The van der Waals surface area contributed by atoms with E-state index in [4.69, 9.17) is 4.74 Å². The molecule has 7 nitrogen and oxygen atoms in total. The molecular formula is C11H16FN3O4S. The van der Waals surface area contributed by atoms with Gasteiger partial charge in [0.15, 0.2) is 0 Å². The number of halogens is 1. The van der Waals surface area contributed by atoms with E-state index in [2.05, 4.69) is 14.8 Å². The highest BCUT2D eigenvalue weighted by Crippen LogP contribution is 2.16. The molecule has 0 saturated heterocycles. The number of hydrogen-bond donors (Lipinski definition) is 3. The summed E-state index contributed by atoms with van der Waals surface area (Å²) >= 11 is 0. The number of ether oxygens (including phenoxy) is 1. The summed E-state index contributed by atoms with van der Waals surface area (Å²) in [6, 6.07) is 3.78. The number of nitrogens with one attached hydrogen (secondary N) is 3. The first-order chi connectivity index (χ1) is 9.39. The molecule has 0 fully saturated rings. The summed E-state index contributed by atoms with van der Waals surface area (Å²) in [5.41, 5.74) is -0.166. The first-order valence-corrected chi connectivity index (χ1v) is 7.18. The van der Waals surface area contributed by atoms with E-state index in [0.29, 0.717) is 5.75 Å². The monoisotopic (exact) mass is 305 g/mol. The predicted octanol–water partition coefficient (Wildman–Crippen LogP) is -0.382. The average Bonchev–Trinajstić information content (AvgIpc) is 2.44. The zero-order valence-electron chi connectivity index (χ0n) is 11.1. The Morgan fingerprint density at radius 1 is 1.35 bits per heavy atom. The number of benzene rings is 1. The van der Waals surface area contributed by atoms with Crippen molar-refractivity contribution in [2.24, 2.45) is 0 Å². The van der Waals surface area contributed by atoms with Crippen LogP contribution in [-0.4, -0.2) is 41.6 Å². The third-order valence-electron chi connectivity index (χ3n) is 2.39. The molecule has 1 aromatic rings. The average molecular weight is 305 g/mol. The van der Waals surface area contributed by atoms with Crippen LogP contribution in [0.5, 0.6) is 5.75 Å². The van der Waals surface area contributed by atoms with E-state index < -0.39 is 21.9 Å². The minimum absolute atomic E-state index is 0.0134. The molecule has 0 bridgehead atoms. The van der Waals surface area contributed by atoms with E-state index in [0.717, 1.165) is 6.07 Å². The fraction of sp³-hybridized carbons (Fsp3) is 0.364. The van der Waals surface area contributed by atoms with Crippen molar-refractivity contribution in [2.75, 3.05) is 27.2 Å². The van der Waals surface area contributed by atoms with Gasteiger partial charge < -0.3 is 10.1 Å². The highest BCUT2D eigenvalue weighted by atomic mass is 32.2. The maximum Gasteiger partial charge on any atom is 0.276 e. The fourth-order valence-electron chi connectivity index (χ4n) is 1.33. The Balaban J connectivity index is 2.55. The molecule has 0 saturated carbocycles. The van der Waals surface area contributed by atoms with Crippen molar-refractivity contribution >= 4 is 16.1 Å². The minimum atomic E-state index is -3.55. The summed E-state index contributed by atoms with van der Waals surface area (Å²) in [7, 11) is -0.886. The molecule has 1 amide bonds. The Bertz CT molecular complexity index is 577. The number of carbonyl (C=O) groups excluding carboxylic acids is 1. The van der Waals surface area contributed by atoms with Crippen LogP contribution in [0.2, 0.25) is 0 Å². The van der Waals surface area contributed by atoms with Crippen LogP contribution < -0.4 is 19.5 Å². The van der Waals surface area contributed by atoms with E-state index in [1.54, 1.807) is 0 Å². The molecular weight excluding hydrogens is 289 g/mol. The van der Waals surface area contributed by atoms with Crippen molar-refractivity contribution in [3.05, 3.63) is 29.6 Å². The van der Waals surface area contributed by atoms with Gasteiger partial charge in [0.2, 0.25) is 0 Å². The lowest BCUT2D eigenvalue weighted by Gasteiger charge is -2.08. The zero-order chi connectivity index (χ0) is 15.2. The van der Waals surface area contributed by atoms with Crippen LogP contribution in [0.15, 0.2) is 18.2 Å². The summed E-state index contributed by atoms with van der Waals surface area (Å²) in [5, 5.41) is 2.40. The second kappa shape index (κ2) is 7.17. The highest BCUT2D eigenvalue weighted by molar-refractivity contribution is 7.87. The summed E-state index contributed by atoms with van der Waals surface area (Å²) in [4.78, 5) is 11.7. The van der Waals surface area contributed by atoms with Gasteiger partial charge in [-0.1, -0.05) is 0 Å². The zero-order valence-corrected chi connectivity index (χ0v) is 11.9.